The van der Waals surface area contributed by atoms with Crippen LogP contribution in [0.2, 0.25) is 0 Å². The Balaban J connectivity index is 1.51. The molecule has 1 aromatic carbocycles. The zero-order valence-electron chi connectivity index (χ0n) is 13.8. The fourth-order valence-electron chi connectivity index (χ4n) is 3.91. The molecule has 2 N–H and O–H groups in total. The van der Waals surface area contributed by atoms with E-state index in [0.29, 0.717) is 18.8 Å². The molecule has 1 aromatic rings. The number of aliphatic hydroxyl groups is 1. The summed E-state index contributed by atoms with van der Waals surface area (Å²) in [5.41, 5.74) is 0.948. The van der Waals surface area contributed by atoms with E-state index in [1.807, 2.05) is 35.2 Å². The third-order valence-electron chi connectivity index (χ3n) is 5.31. The molecule has 126 valence electrons. The lowest BCUT2D eigenvalue weighted by Crippen LogP contribution is -2.36. The monoisotopic (exact) mass is 316 g/mol. The molecule has 0 spiro atoms. The van der Waals surface area contributed by atoms with Gasteiger partial charge in [-0.1, -0.05) is 30.3 Å². The van der Waals surface area contributed by atoms with E-state index < -0.39 is 6.10 Å². The Morgan fingerprint density at radius 3 is 2.87 bits per heavy atom. The van der Waals surface area contributed by atoms with Gasteiger partial charge in [0.05, 0.1) is 6.10 Å². The molecule has 23 heavy (non-hydrogen) atoms. The van der Waals surface area contributed by atoms with Gasteiger partial charge < -0.3 is 15.3 Å². The van der Waals surface area contributed by atoms with Crippen molar-refractivity contribution < 1.29 is 9.90 Å². The van der Waals surface area contributed by atoms with Crippen molar-refractivity contribution >= 4 is 5.91 Å². The van der Waals surface area contributed by atoms with Crippen molar-refractivity contribution in [3.63, 3.8) is 0 Å². The Kier molecular flexibility index (Phi) is 5.68. The first-order valence-corrected chi connectivity index (χ1v) is 8.97. The van der Waals surface area contributed by atoms with Crippen molar-refractivity contribution in [1.82, 2.24) is 10.2 Å². The van der Waals surface area contributed by atoms with Crippen LogP contribution in [0.5, 0.6) is 0 Å². The highest BCUT2D eigenvalue weighted by atomic mass is 16.3. The third kappa shape index (κ3) is 4.33. The molecule has 0 radical (unpaired) electrons. The van der Waals surface area contributed by atoms with Gasteiger partial charge in [-0.3, -0.25) is 4.79 Å². The largest absolute Gasteiger partial charge is 0.388 e. The summed E-state index contributed by atoms with van der Waals surface area (Å²) < 4.78 is 0. The van der Waals surface area contributed by atoms with E-state index >= 15 is 0 Å². The van der Waals surface area contributed by atoms with Crippen molar-refractivity contribution in [2.24, 2.45) is 5.92 Å². The Morgan fingerprint density at radius 1 is 1.30 bits per heavy atom. The number of amides is 1. The van der Waals surface area contributed by atoms with E-state index in [4.69, 9.17) is 0 Å². The zero-order chi connectivity index (χ0) is 16.1. The van der Waals surface area contributed by atoms with Crippen LogP contribution < -0.4 is 5.32 Å². The summed E-state index contributed by atoms with van der Waals surface area (Å²) in [4.78, 5) is 14.6. The maximum Gasteiger partial charge on any atom is 0.222 e. The fraction of sp³-hybridized carbons (Fsp3) is 0.632. The first kappa shape index (κ1) is 16.5. The Labute approximate surface area is 138 Å². The summed E-state index contributed by atoms with van der Waals surface area (Å²) in [5, 5.41) is 13.8. The standard InChI is InChI=1S/C19H28N2O2/c22-18(16-5-2-1-3-6-16)13-17-7-4-12-21(17)19(23)9-8-15-10-11-20-14-15/h1-3,5-6,15,17-18,20,22H,4,7-14H2. The lowest BCUT2D eigenvalue weighted by atomic mass is 9.99. The summed E-state index contributed by atoms with van der Waals surface area (Å²) in [5.74, 6) is 0.939. The van der Waals surface area contributed by atoms with Gasteiger partial charge in [0.2, 0.25) is 5.91 Å². The van der Waals surface area contributed by atoms with Crippen LogP contribution in [-0.4, -0.2) is 41.6 Å². The fourth-order valence-corrected chi connectivity index (χ4v) is 3.91. The van der Waals surface area contributed by atoms with Crippen LogP contribution in [0.1, 0.15) is 50.2 Å². The molecule has 3 unspecified atom stereocenters. The van der Waals surface area contributed by atoms with Gasteiger partial charge in [-0.2, -0.15) is 0 Å². The molecule has 3 atom stereocenters. The van der Waals surface area contributed by atoms with Crippen LogP contribution in [0.4, 0.5) is 0 Å². The summed E-state index contributed by atoms with van der Waals surface area (Å²) in [6.07, 6.45) is 5.10. The van der Waals surface area contributed by atoms with Crippen LogP contribution in [0.25, 0.3) is 0 Å². The SMILES string of the molecule is O=C(CCC1CCNC1)N1CCCC1CC(O)c1ccccc1. The van der Waals surface area contributed by atoms with Crippen molar-refractivity contribution in [1.29, 1.82) is 0 Å². The second-order valence-corrected chi connectivity index (χ2v) is 6.94. The number of rotatable bonds is 6. The second kappa shape index (κ2) is 7.93. The lowest BCUT2D eigenvalue weighted by molar-refractivity contribution is -0.132. The number of carbonyl (C=O) groups excluding carboxylic acids is 1. The van der Waals surface area contributed by atoms with Crippen LogP contribution in [0.15, 0.2) is 30.3 Å². The average molecular weight is 316 g/mol. The Bertz CT molecular complexity index is 499. The van der Waals surface area contributed by atoms with E-state index in [1.54, 1.807) is 0 Å². The highest BCUT2D eigenvalue weighted by Gasteiger charge is 2.30. The number of aliphatic hydroxyl groups excluding tert-OH is 1. The molecule has 0 bridgehead atoms. The summed E-state index contributed by atoms with van der Waals surface area (Å²) in [6.45, 7) is 3.01. The zero-order valence-corrected chi connectivity index (χ0v) is 13.8. The number of carbonyl (C=O) groups is 1. The molecule has 3 rings (SSSR count). The molecule has 4 nitrogen and oxygen atoms in total. The number of benzene rings is 1. The number of likely N-dealkylation sites (tertiary alicyclic amines) is 1. The van der Waals surface area contributed by atoms with Gasteiger partial charge in [0, 0.05) is 19.0 Å². The maximum atomic E-state index is 12.6. The van der Waals surface area contributed by atoms with Gasteiger partial charge in [-0.05, 0) is 56.7 Å². The first-order chi connectivity index (χ1) is 11.2. The minimum absolute atomic E-state index is 0.194. The molecular formula is C19H28N2O2. The van der Waals surface area contributed by atoms with Crippen LogP contribution >= 0.6 is 0 Å². The number of nitrogens with one attached hydrogen (secondary N) is 1. The molecular weight excluding hydrogens is 288 g/mol. The molecule has 0 aliphatic carbocycles. The van der Waals surface area contributed by atoms with Gasteiger partial charge >= 0.3 is 0 Å². The summed E-state index contributed by atoms with van der Waals surface area (Å²) >= 11 is 0. The summed E-state index contributed by atoms with van der Waals surface area (Å²) in [6, 6.07) is 9.97. The molecule has 2 fully saturated rings. The highest BCUT2D eigenvalue weighted by Crippen LogP contribution is 2.28. The Morgan fingerprint density at radius 2 is 2.13 bits per heavy atom. The Hall–Kier alpha value is -1.39. The number of nitrogens with zero attached hydrogens (tertiary/aromatic N) is 1. The van der Waals surface area contributed by atoms with Gasteiger partial charge in [-0.25, -0.2) is 0 Å². The molecule has 0 saturated carbocycles. The quantitative estimate of drug-likeness (QED) is 0.848. The molecule has 2 aliphatic heterocycles. The third-order valence-corrected chi connectivity index (χ3v) is 5.31. The van der Waals surface area contributed by atoms with Crippen molar-refractivity contribution in [2.45, 2.75) is 50.7 Å². The normalized spacial score (nSPS) is 25.7. The highest BCUT2D eigenvalue weighted by molar-refractivity contribution is 5.76. The van der Waals surface area contributed by atoms with Crippen molar-refractivity contribution in [3.8, 4) is 0 Å². The molecule has 2 aliphatic rings. The van der Waals surface area contributed by atoms with Crippen LogP contribution in [0.3, 0.4) is 0 Å². The van der Waals surface area contributed by atoms with E-state index in [0.717, 1.165) is 44.5 Å². The van der Waals surface area contributed by atoms with Gasteiger partial charge in [0.1, 0.15) is 0 Å². The van der Waals surface area contributed by atoms with E-state index in [-0.39, 0.29) is 11.9 Å². The topological polar surface area (TPSA) is 52.6 Å². The van der Waals surface area contributed by atoms with Crippen LogP contribution in [-0.2, 0) is 4.79 Å². The molecule has 2 saturated heterocycles. The van der Waals surface area contributed by atoms with Crippen LogP contribution in [0, 0.1) is 5.92 Å². The second-order valence-electron chi connectivity index (χ2n) is 6.94. The van der Waals surface area contributed by atoms with E-state index in [2.05, 4.69) is 5.32 Å². The molecule has 0 aromatic heterocycles. The van der Waals surface area contributed by atoms with Gasteiger partial charge in [-0.15, -0.1) is 0 Å². The predicted molar refractivity (Wildman–Crippen MR) is 91.0 cm³/mol. The van der Waals surface area contributed by atoms with Gasteiger partial charge in [0.15, 0.2) is 0 Å². The minimum atomic E-state index is -0.478. The smallest absolute Gasteiger partial charge is 0.222 e. The lowest BCUT2D eigenvalue weighted by Gasteiger charge is -2.27. The predicted octanol–water partition coefficient (Wildman–Crippen LogP) is 2.49. The summed E-state index contributed by atoms with van der Waals surface area (Å²) in [7, 11) is 0. The van der Waals surface area contributed by atoms with E-state index in [1.165, 1.54) is 6.42 Å². The average Bonchev–Trinajstić information content (AvgIpc) is 3.25. The van der Waals surface area contributed by atoms with Gasteiger partial charge in [0.25, 0.3) is 0 Å². The molecule has 2 heterocycles. The molecule has 4 heteroatoms. The van der Waals surface area contributed by atoms with Crippen molar-refractivity contribution in [3.05, 3.63) is 35.9 Å². The van der Waals surface area contributed by atoms with Crippen molar-refractivity contribution in [2.75, 3.05) is 19.6 Å². The van der Waals surface area contributed by atoms with E-state index in [9.17, 15) is 9.90 Å². The number of hydrogen-bond acceptors (Lipinski definition) is 3. The maximum absolute atomic E-state index is 12.6. The number of hydrogen-bond donors (Lipinski definition) is 2. The first-order valence-electron chi connectivity index (χ1n) is 8.97. The molecule has 1 amide bonds. The minimum Gasteiger partial charge on any atom is -0.388 e.